The van der Waals surface area contributed by atoms with Gasteiger partial charge in [-0.05, 0) is 36.4 Å². The molecule has 20 heavy (non-hydrogen) atoms. The summed E-state index contributed by atoms with van der Waals surface area (Å²) in [6.07, 6.45) is 0. The normalized spacial score (nSPS) is 9.90. The summed E-state index contributed by atoms with van der Waals surface area (Å²) in [4.78, 5) is 10.8. The zero-order chi connectivity index (χ0) is 14.5. The second-order valence-electron chi connectivity index (χ2n) is 3.92. The number of aromatic carboxylic acids is 1. The molecular weight excluding hydrogens is 260 g/mol. The topological polar surface area (TPSA) is 65.0 Å². The third-order valence-electron chi connectivity index (χ3n) is 2.70. The number of hydrogen-bond acceptors (Lipinski definition) is 4. The van der Waals surface area contributed by atoms with Crippen molar-refractivity contribution in [2.24, 2.45) is 0 Å². The van der Waals surface area contributed by atoms with Gasteiger partial charge in [-0.2, -0.15) is 0 Å². The zero-order valence-electron chi connectivity index (χ0n) is 11.1. The van der Waals surface area contributed by atoms with E-state index in [-0.39, 0.29) is 5.56 Å². The van der Waals surface area contributed by atoms with E-state index in [9.17, 15) is 4.79 Å². The van der Waals surface area contributed by atoms with Gasteiger partial charge >= 0.3 is 5.97 Å². The maximum Gasteiger partial charge on any atom is 0.335 e. The molecule has 5 heteroatoms. The highest BCUT2D eigenvalue weighted by Crippen LogP contribution is 2.38. The molecule has 0 saturated heterocycles. The van der Waals surface area contributed by atoms with Gasteiger partial charge in [-0.1, -0.05) is 6.07 Å². The van der Waals surface area contributed by atoms with Crippen LogP contribution in [-0.2, 0) is 0 Å². The molecular formula is C15H14O5. The number of carbonyl (C=O) groups is 1. The van der Waals surface area contributed by atoms with Gasteiger partial charge in [0.1, 0.15) is 5.75 Å². The van der Waals surface area contributed by atoms with Crippen molar-refractivity contribution in [3.05, 3.63) is 48.0 Å². The molecule has 0 aliphatic carbocycles. The Morgan fingerprint density at radius 3 is 2.15 bits per heavy atom. The fourth-order valence-corrected chi connectivity index (χ4v) is 1.73. The Labute approximate surface area is 116 Å². The highest BCUT2D eigenvalue weighted by atomic mass is 16.5. The van der Waals surface area contributed by atoms with Crippen molar-refractivity contribution in [1.29, 1.82) is 0 Å². The van der Waals surface area contributed by atoms with Crippen LogP contribution >= 0.6 is 0 Å². The summed E-state index contributed by atoms with van der Waals surface area (Å²) < 4.78 is 16.1. The maximum absolute atomic E-state index is 10.8. The number of carboxylic acids is 1. The Hall–Kier alpha value is -2.69. The number of carboxylic acid groups (broad SMARTS) is 1. The molecule has 0 aliphatic rings. The van der Waals surface area contributed by atoms with Gasteiger partial charge in [-0.25, -0.2) is 4.79 Å². The van der Waals surface area contributed by atoms with Crippen molar-refractivity contribution >= 4 is 5.97 Å². The summed E-state index contributed by atoms with van der Waals surface area (Å²) >= 11 is 0. The molecule has 2 aromatic carbocycles. The van der Waals surface area contributed by atoms with Gasteiger partial charge in [0.15, 0.2) is 11.5 Å². The molecule has 2 aromatic rings. The molecule has 104 valence electrons. The van der Waals surface area contributed by atoms with E-state index in [2.05, 4.69) is 0 Å². The third kappa shape index (κ3) is 2.83. The lowest BCUT2D eigenvalue weighted by atomic mass is 10.2. The first-order valence-corrected chi connectivity index (χ1v) is 5.88. The standard InChI is InChI=1S/C15H14O5/c1-18-12-4-3-5-13(14(12)19-2)20-11-8-6-10(7-9-11)15(16)17/h3-9H,1-2H3,(H,16,17). The highest BCUT2D eigenvalue weighted by Gasteiger charge is 2.11. The Balaban J connectivity index is 2.27. The molecule has 0 spiro atoms. The van der Waals surface area contributed by atoms with Crippen molar-refractivity contribution in [2.45, 2.75) is 0 Å². The number of methoxy groups -OCH3 is 2. The van der Waals surface area contributed by atoms with Crippen molar-refractivity contribution in [3.63, 3.8) is 0 Å². The van der Waals surface area contributed by atoms with Crippen LogP contribution < -0.4 is 14.2 Å². The molecule has 0 heterocycles. The second-order valence-corrected chi connectivity index (χ2v) is 3.92. The molecule has 1 N–H and O–H groups in total. The SMILES string of the molecule is COc1cccc(Oc2ccc(C(=O)O)cc2)c1OC. The summed E-state index contributed by atoms with van der Waals surface area (Å²) in [7, 11) is 3.07. The van der Waals surface area contributed by atoms with Crippen LogP contribution in [0.4, 0.5) is 0 Å². The van der Waals surface area contributed by atoms with Crippen molar-refractivity contribution < 1.29 is 24.1 Å². The minimum Gasteiger partial charge on any atom is -0.493 e. The fourth-order valence-electron chi connectivity index (χ4n) is 1.73. The second kappa shape index (κ2) is 5.97. The Morgan fingerprint density at radius 2 is 1.60 bits per heavy atom. The first-order valence-electron chi connectivity index (χ1n) is 5.88. The smallest absolute Gasteiger partial charge is 0.335 e. The van der Waals surface area contributed by atoms with E-state index in [0.29, 0.717) is 23.0 Å². The number of benzene rings is 2. The lowest BCUT2D eigenvalue weighted by Crippen LogP contribution is -1.96. The summed E-state index contributed by atoms with van der Waals surface area (Å²) in [5.41, 5.74) is 0.204. The van der Waals surface area contributed by atoms with Gasteiger partial charge < -0.3 is 19.3 Å². The predicted molar refractivity (Wildman–Crippen MR) is 73.0 cm³/mol. The quantitative estimate of drug-likeness (QED) is 0.907. The molecule has 0 saturated carbocycles. The lowest BCUT2D eigenvalue weighted by molar-refractivity contribution is 0.0697. The number of hydrogen-bond donors (Lipinski definition) is 1. The summed E-state index contributed by atoms with van der Waals surface area (Å²) in [6, 6.07) is 11.4. The van der Waals surface area contributed by atoms with E-state index in [0.717, 1.165) is 0 Å². The van der Waals surface area contributed by atoms with E-state index in [1.807, 2.05) is 0 Å². The fraction of sp³-hybridized carbons (Fsp3) is 0.133. The Kier molecular flexibility index (Phi) is 4.10. The van der Waals surface area contributed by atoms with Gasteiger partial charge in [-0.3, -0.25) is 0 Å². The van der Waals surface area contributed by atoms with E-state index >= 15 is 0 Å². The van der Waals surface area contributed by atoms with E-state index < -0.39 is 5.97 Å². The van der Waals surface area contributed by atoms with Gasteiger partial charge in [0.25, 0.3) is 0 Å². The van der Waals surface area contributed by atoms with Crippen LogP contribution in [0.15, 0.2) is 42.5 Å². The van der Waals surface area contributed by atoms with Crippen molar-refractivity contribution in [1.82, 2.24) is 0 Å². The van der Waals surface area contributed by atoms with Gasteiger partial charge in [0.2, 0.25) is 5.75 Å². The molecule has 0 unspecified atom stereocenters. The zero-order valence-corrected chi connectivity index (χ0v) is 11.1. The number of rotatable bonds is 5. The average Bonchev–Trinajstić information content (AvgIpc) is 2.47. The summed E-state index contributed by atoms with van der Waals surface area (Å²) in [5, 5.41) is 8.84. The molecule has 0 atom stereocenters. The molecule has 2 rings (SSSR count). The molecule has 0 fully saturated rings. The van der Waals surface area contributed by atoms with Gasteiger partial charge in [-0.15, -0.1) is 0 Å². The van der Waals surface area contributed by atoms with Gasteiger partial charge in [0.05, 0.1) is 19.8 Å². The average molecular weight is 274 g/mol. The number of ether oxygens (including phenoxy) is 3. The monoisotopic (exact) mass is 274 g/mol. The molecule has 0 amide bonds. The predicted octanol–water partition coefficient (Wildman–Crippen LogP) is 3.19. The number of para-hydroxylation sites is 1. The van der Waals surface area contributed by atoms with E-state index in [4.69, 9.17) is 19.3 Å². The molecule has 0 aliphatic heterocycles. The summed E-state index contributed by atoms with van der Waals surface area (Å²) in [6.45, 7) is 0. The van der Waals surface area contributed by atoms with Crippen molar-refractivity contribution in [3.8, 4) is 23.0 Å². The minimum atomic E-state index is -0.976. The van der Waals surface area contributed by atoms with Gasteiger partial charge in [0, 0.05) is 0 Å². The third-order valence-corrected chi connectivity index (χ3v) is 2.70. The van der Waals surface area contributed by atoms with Crippen LogP contribution in [0.5, 0.6) is 23.0 Å². The van der Waals surface area contributed by atoms with Crippen LogP contribution in [0, 0.1) is 0 Å². The molecule has 0 radical (unpaired) electrons. The highest BCUT2D eigenvalue weighted by molar-refractivity contribution is 5.87. The lowest BCUT2D eigenvalue weighted by Gasteiger charge is -2.13. The van der Waals surface area contributed by atoms with E-state index in [1.54, 1.807) is 37.4 Å². The van der Waals surface area contributed by atoms with Crippen LogP contribution in [-0.4, -0.2) is 25.3 Å². The molecule has 5 nitrogen and oxygen atoms in total. The van der Waals surface area contributed by atoms with Crippen LogP contribution in [0.1, 0.15) is 10.4 Å². The molecule has 0 aromatic heterocycles. The summed E-state index contributed by atoms with van der Waals surface area (Å²) in [5.74, 6) is 1.08. The maximum atomic E-state index is 10.8. The Bertz CT molecular complexity index is 604. The largest absolute Gasteiger partial charge is 0.493 e. The van der Waals surface area contributed by atoms with Crippen molar-refractivity contribution in [2.75, 3.05) is 14.2 Å². The van der Waals surface area contributed by atoms with Crippen LogP contribution in [0.3, 0.4) is 0 Å². The van der Waals surface area contributed by atoms with Crippen LogP contribution in [0.2, 0.25) is 0 Å². The van der Waals surface area contributed by atoms with Crippen LogP contribution in [0.25, 0.3) is 0 Å². The Morgan fingerprint density at radius 1 is 0.950 bits per heavy atom. The minimum absolute atomic E-state index is 0.204. The van der Waals surface area contributed by atoms with E-state index in [1.165, 1.54) is 19.2 Å². The first-order chi connectivity index (χ1) is 9.65. The molecule has 0 bridgehead atoms. The first kappa shape index (κ1) is 13.7.